The van der Waals surface area contributed by atoms with Crippen LogP contribution < -0.4 is 24.3 Å². The monoisotopic (exact) mass is 345 g/mol. The zero-order valence-electron chi connectivity index (χ0n) is 15.1. The van der Waals surface area contributed by atoms with Crippen LogP contribution in [-0.2, 0) is 11.2 Å². The fraction of sp³-hybridized carbons (Fsp3) is 0.316. The first kappa shape index (κ1) is 18.4. The van der Waals surface area contributed by atoms with Crippen LogP contribution in [0.15, 0.2) is 30.3 Å². The molecule has 1 amide bonds. The number of hydrogen-bond donors (Lipinski definition) is 1. The molecule has 0 aliphatic carbocycles. The lowest BCUT2D eigenvalue weighted by atomic mass is 10.1. The molecule has 0 fully saturated rings. The Kier molecular flexibility index (Phi) is 6.11. The molecule has 2 rings (SSSR count). The molecule has 2 aromatic rings. The van der Waals surface area contributed by atoms with Crippen molar-refractivity contribution >= 4 is 11.6 Å². The molecule has 0 unspecified atom stereocenters. The van der Waals surface area contributed by atoms with Gasteiger partial charge in [0.1, 0.15) is 23.0 Å². The fourth-order valence-electron chi connectivity index (χ4n) is 2.52. The number of ether oxygens (including phenoxy) is 4. The Morgan fingerprint density at radius 2 is 1.56 bits per heavy atom. The third kappa shape index (κ3) is 4.35. The number of carbonyl (C=O) groups is 1. The molecule has 0 heterocycles. The van der Waals surface area contributed by atoms with Crippen molar-refractivity contribution in [2.75, 3.05) is 33.8 Å². The number of benzene rings is 2. The van der Waals surface area contributed by atoms with Crippen LogP contribution in [0, 0.1) is 6.92 Å². The number of carbonyl (C=O) groups excluding carboxylic acids is 1. The third-order valence-electron chi connectivity index (χ3n) is 3.83. The lowest BCUT2D eigenvalue weighted by Gasteiger charge is -2.14. The SMILES string of the molecule is COc1ccc(NC(=O)Cc2cc(OC)c(C)cc2OC)c(OC)c1. The number of nitrogens with one attached hydrogen (secondary N) is 1. The van der Waals surface area contributed by atoms with Gasteiger partial charge >= 0.3 is 0 Å². The van der Waals surface area contributed by atoms with Crippen LogP contribution in [0.5, 0.6) is 23.0 Å². The second kappa shape index (κ2) is 8.28. The smallest absolute Gasteiger partial charge is 0.229 e. The Morgan fingerprint density at radius 1 is 0.880 bits per heavy atom. The van der Waals surface area contributed by atoms with Crippen molar-refractivity contribution in [1.29, 1.82) is 0 Å². The van der Waals surface area contributed by atoms with Crippen LogP contribution >= 0.6 is 0 Å². The number of rotatable bonds is 7. The topological polar surface area (TPSA) is 66.0 Å². The van der Waals surface area contributed by atoms with E-state index in [-0.39, 0.29) is 12.3 Å². The minimum absolute atomic E-state index is 0.148. The summed E-state index contributed by atoms with van der Waals surface area (Å²) in [5, 5.41) is 2.85. The Labute approximate surface area is 147 Å². The van der Waals surface area contributed by atoms with Gasteiger partial charge < -0.3 is 24.3 Å². The van der Waals surface area contributed by atoms with Gasteiger partial charge in [0, 0.05) is 11.6 Å². The highest BCUT2D eigenvalue weighted by atomic mass is 16.5. The van der Waals surface area contributed by atoms with Crippen LogP contribution in [0.1, 0.15) is 11.1 Å². The van der Waals surface area contributed by atoms with Crippen molar-refractivity contribution in [3.05, 3.63) is 41.5 Å². The average molecular weight is 345 g/mol. The summed E-state index contributed by atoms with van der Waals surface area (Å²) in [6.45, 7) is 1.92. The van der Waals surface area contributed by atoms with E-state index in [0.29, 0.717) is 28.7 Å². The van der Waals surface area contributed by atoms with E-state index in [9.17, 15) is 4.79 Å². The van der Waals surface area contributed by atoms with Gasteiger partial charge in [-0.25, -0.2) is 0 Å². The van der Waals surface area contributed by atoms with Gasteiger partial charge in [0.15, 0.2) is 0 Å². The van der Waals surface area contributed by atoms with E-state index >= 15 is 0 Å². The second-order valence-corrected chi connectivity index (χ2v) is 5.42. The molecule has 0 radical (unpaired) electrons. The first-order valence-electron chi connectivity index (χ1n) is 7.75. The van der Waals surface area contributed by atoms with Crippen molar-refractivity contribution in [3.8, 4) is 23.0 Å². The first-order valence-corrected chi connectivity index (χ1v) is 7.75. The molecule has 0 aliphatic rings. The van der Waals surface area contributed by atoms with E-state index < -0.39 is 0 Å². The molecule has 6 heteroatoms. The zero-order chi connectivity index (χ0) is 18.4. The van der Waals surface area contributed by atoms with Gasteiger partial charge in [0.05, 0.1) is 40.5 Å². The van der Waals surface area contributed by atoms with Gasteiger partial charge in [-0.1, -0.05) is 0 Å². The summed E-state index contributed by atoms with van der Waals surface area (Å²) in [6, 6.07) is 8.88. The Hall–Kier alpha value is -2.89. The summed E-state index contributed by atoms with van der Waals surface area (Å²) in [5.41, 5.74) is 2.27. The maximum atomic E-state index is 12.5. The lowest BCUT2D eigenvalue weighted by molar-refractivity contribution is -0.115. The summed E-state index contributed by atoms with van der Waals surface area (Å²) < 4.78 is 21.2. The Balaban J connectivity index is 2.20. The van der Waals surface area contributed by atoms with Crippen LogP contribution in [0.3, 0.4) is 0 Å². The molecule has 0 aromatic heterocycles. The van der Waals surface area contributed by atoms with Crippen molar-refractivity contribution in [3.63, 3.8) is 0 Å². The number of aryl methyl sites for hydroxylation is 1. The minimum Gasteiger partial charge on any atom is -0.497 e. The maximum Gasteiger partial charge on any atom is 0.229 e. The standard InChI is InChI=1S/C19H23NO5/c1-12-8-17(24-4)13(9-16(12)23-3)10-19(21)20-15-7-6-14(22-2)11-18(15)25-5/h6-9,11H,10H2,1-5H3,(H,20,21). The van der Waals surface area contributed by atoms with E-state index in [0.717, 1.165) is 11.1 Å². The summed E-state index contributed by atoms with van der Waals surface area (Å²) in [4.78, 5) is 12.5. The average Bonchev–Trinajstić information content (AvgIpc) is 2.62. The molecule has 0 bridgehead atoms. The van der Waals surface area contributed by atoms with Crippen molar-refractivity contribution in [1.82, 2.24) is 0 Å². The van der Waals surface area contributed by atoms with Gasteiger partial charge in [0.25, 0.3) is 0 Å². The summed E-state index contributed by atoms with van der Waals surface area (Å²) in [6.07, 6.45) is 0.148. The minimum atomic E-state index is -0.187. The summed E-state index contributed by atoms with van der Waals surface area (Å²) in [5.74, 6) is 2.36. The molecular weight excluding hydrogens is 322 g/mol. The number of hydrogen-bond acceptors (Lipinski definition) is 5. The molecule has 1 N–H and O–H groups in total. The molecule has 0 atom stereocenters. The van der Waals surface area contributed by atoms with Gasteiger partial charge in [0.2, 0.25) is 5.91 Å². The zero-order valence-corrected chi connectivity index (χ0v) is 15.1. The molecule has 25 heavy (non-hydrogen) atoms. The van der Waals surface area contributed by atoms with Crippen LogP contribution in [0.4, 0.5) is 5.69 Å². The third-order valence-corrected chi connectivity index (χ3v) is 3.83. The Bertz CT molecular complexity index is 758. The van der Waals surface area contributed by atoms with Gasteiger partial charge in [-0.15, -0.1) is 0 Å². The predicted molar refractivity (Wildman–Crippen MR) is 96.2 cm³/mol. The largest absolute Gasteiger partial charge is 0.497 e. The number of methoxy groups -OCH3 is 4. The van der Waals surface area contributed by atoms with E-state index in [1.165, 1.54) is 7.11 Å². The number of anilines is 1. The highest BCUT2D eigenvalue weighted by molar-refractivity contribution is 5.94. The van der Waals surface area contributed by atoms with Crippen LogP contribution in [0.2, 0.25) is 0 Å². The van der Waals surface area contributed by atoms with Gasteiger partial charge in [-0.05, 0) is 36.8 Å². The van der Waals surface area contributed by atoms with Crippen molar-refractivity contribution in [2.24, 2.45) is 0 Å². The fourth-order valence-corrected chi connectivity index (χ4v) is 2.52. The van der Waals surface area contributed by atoms with Crippen LogP contribution in [0.25, 0.3) is 0 Å². The van der Waals surface area contributed by atoms with Crippen molar-refractivity contribution < 1.29 is 23.7 Å². The first-order chi connectivity index (χ1) is 12.0. The predicted octanol–water partition coefficient (Wildman–Crippen LogP) is 3.21. The maximum absolute atomic E-state index is 12.5. The molecule has 0 saturated carbocycles. The van der Waals surface area contributed by atoms with Gasteiger partial charge in [-0.2, -0.15) is 0 Å². The number of amides is 1. The van der Waals surface area contributed by atoms with E-state index in [4.69, 9.17) is 18.9 Å². The molecule has 134 valence electrons. The molecule has 0 spiro atoms. The normalized spacial score (nSPS) is 10.1. The summed E-state index contributed by atoms with van der Waals surface area (Å²) >= 11 is 0. The van der Waals surface area contributed by atoms with Crippen molar-refractivity contribution in [2.45, 2.75) is 13.3 Å². The van der Waals surface area contributed by atoms with E-state index in [1.54, 1.807) is 39.5 Å². The molecule has 0 aliphatic heterocycles. The molecular formula is C19H23NO5. The molecule has 6 nitrogen and oxygen atoms in total. The van der Waals surface area contributed by atoms with E-state index in [2.05, 4.69) is 5.32 Å². The summed E-state index contributed by atoms with van der Waals surface area (Å²) in [7, 11) is 6.29. The highest BCUT2D eigenvalue weighted by Crippen LogP contribution is 2.31. The Morgan fingerprint density at radius 3 is 2.16 bits per heavy atom. The van der Waals surface area contributed by atoms with Gasteiger partial charge in [-0.3, -0.25) is 4.79 Å². The van der Waals surface area contributed by atoms with E-state index in [1.807, 2.05) is 19.1 Å². The lowest BCUT2D eigenvalue weighted by Crippen LogP contribution is -2.15. The quantitative estimate of drug-likeness (QED) is 0.835. The highest BCUT2D eigenvalue weighted by Gasteiger charge is 2.14. The van der Waals surface area contributed by atoms with Crippen LogP contribution in [-0.4, -0.2) is 34.3 Å². The second-order valence-electron chi connectivity index (χ2n) is 5.42. The molecule has 0 saturated heterocycles. The molecule has 2 aromatic carbocycles.